The third-order valence-electron chi connectivity index (χ3n) is 4.68. The van der Waals surface area contributed by atoms with Crippen LogP contribution in [0.2, 0.25) is 0 Å². The van der Waals surface area contributed by atoms with Crippen molar-refractivity contribution in [2.24, 2.45) is 5.92 Å². The Bertz CT molecular complexity index is 507. The lowest BCUT2D eigenvalue weighted by atomic mass is 9.93. The van der Waals surface area contributed by atoms with E-state index in [9.17, 15) is 9.59 Å². The quantitative estimate of drug-likeness (QED) is 0.574. The number of benzene rings is 1. The van der Waals surface area contributed by atoms with Crippen molar-refractivity contribution in [3.8, 4) is 0 Å². The maximum Gasteiger partial charge on any atom is 0.223 e. The van der Waals surface area contributed by atoms with Crippen molar-refractivity contribution in [2.75, 3.05) is 6.54 Å². The van der Waals surface area contributed by atoms with Gasteiger partial charge in [-0.05, 0) is 31.2 Å². The Morgan fingerprint density at radius 2 is 1.91 bits per heavy atom. The Balaban J connectivity index is 1.85. The van der Waals surface area contributed by atoms with Crippen molar-refractivity contribution >= 4 is 11.7 Å². The van der Waals surface area contributed by atoms with Gasteiger partial charge < -0.3 is 5.32 Å². The summed E-state index contributed by atoms with van der Waals surface area (Å²) in [7, 11) is 0. The average molecular weight is 315 g/mol. The summed E-state index contributed by atoms with van der Waals surface area (Å²) in [5.41, 5.74) is 2.03. The molecule has 23 heavy (non-hydrogen) atoms. The molecule has 3 nitrogen and oxygen atoms in total. The van der Waals surface area contributed by atoms with Gasteiger partial charge in [-0.1, -0.05) is 56.9 Å². The number of hydrogen-bond acceptors (Lipinski definition) is 2. The SMILES string of the molecule is CCCCCCc1ccc(C(=O)C[C@H]2CCCCNC2=O)cc1. The normalized spacial score (nSPS) is 18.3. The van der Waals surface area contributed by atoms with Gasteiger partial charge in [0.15, 0.2) is 5.78 Å². The Labute approximate surface area is 139 Å². The van der Waals surface area contributed by atoms with Crippen LogP contribution >= 0.6 is 0 Å². The van der Waals surface area contributed by atoms with E-state index in [2.05, 4.69) is 24.4 Å². The first-order valence-corrected chi connectivity index (χ1v) is 9.10. The molecule has 126 valence electrons. The average Bonchev–Trinajstić information content (AvgIpc) is 2.77. The molecular formula is C20H29NO2. The fraction of sp³-hybridized carbons (Fsp3) is 0.600. The number of carbonyl (C=O) groups excluding carboxylic acids is 2. The second-order valence-corrected chi connectivity index (χ2v) is 6.62. The van der Waals surface area contributed by atoms with Gasteiger partial charge in [0.2, 0.25) is 5.91 Å². The van der Waals surface area contributed by atoms with E-state index in [1.165, 1.54) is 31.2 Å². The van der Waals surface area contributed by atoms with Crippen molar-refractivity contribution in [1.29, 1.82) is 0 Å². The summed E-state index contributed by atoms with van der Waals surface area (Å²) >= 11 is 0. The van der Waals surface area contributed by atoms with Crippen LogP contribution in [0.15, 0.2) is 24.3 Å². The molecule has 2 rings (SSSR count). The third-order valence-corrected chi connectivity index (χ3v) is 4.68. The molecule has 1 heterocycles. The highest BCUT2D eigenvalue weighted by atomic mass is 16.2. The molecule has 0 aromatic heterocycles. The van der Waals surface area contributed by atoms with Gasteiger partial charge in [-0.15, -0.1) is 0 Å². The van der Waals surface area contributed by atoms with Crippen molar-refractivity contribution in [3.05, 3.63) is 35.4 Å². The number of rotatable bonds is 8. The first kappa shape index (κ1) is 17.7. The van der Waals surface area contributed by atoms with E-state index in [-0.39, 0.29) is 17.6 Å². The predicted molar refractivity (Wildman–Crippen MR) is 93.6 cm³/mol. The van der Waals surface area contributed by atoms with E-state index in [4.69, 9.17) is 0 Å². The monoisotopic (exact) mass is 315 g/mol. The lowest BCUT2D eigenvalue weighted by Crippen LogP contribution is -2.30. The van der Waals surface area contributed by atoms with Gasteiger partial charge in [0, 0.05) is 24.4 Å². The molecule has 1 fully saturated rings. The molecule has 1 aliphatic heterocycles. The lowest BCUT2D eigenvalue weighted by Gasteiger charge is -2.12. The van der Waals surface area contributed by atoms with Gasteiger partial charge in [-0.3, -0.25) is 9.59 Å². The van der Waals surface area contributed by atoms with Crippen LogP contribution in [0, 0.1) is 5.92 Å². The van der Waals surface area contributed by atoms with E-state index in [0.29, 0.717) is 6.42 Å². The van der Waals surface area contributed by atoms with Crippen molar-refractivity contribution in [2.45, 2.75) is 64.7 Å². The minimum atomic E-state index is -0.154. The Morgan fingerprint density at radius 1 is 1.13 bits per heavy atom. The summed E-state index contributed by atoms with van der Waals surface area (Å²) in [4.78, 5) is 24.3. The molecule has 0 aliphatic carbocycles. The van der Waals surface area contributed by atoms with Gasteiger partial charge in [0.25, 0.3) is 0 Å². The molecule has 1 aliphatic rings. The number of unbranched alkanes of at least 4 members (excludes halogenated alkanes) is 3. The third kappa shape index (κ3) is 5.81. The summed E-state index contributed by atoms with van der Waals surface area (Å²) in [6.07, 6.45) is 9.31. The molecule has 1 saturated heterocycles. The molecule has 0 saturated carbocycles. The van der Waals surface area contributed by atoms with Gasteiger partial charge in [0.1, 0.15) is 0 Å². The molecule has 1 aromatic rings. The molecular weight excluding hydrogens is 286 g/mol. The van der Waals surface area contributed by atoms with Gasteiger partial charge in [0.05, 0.1) is 0 Å². The Morgan fingerprint density at radius 3 is 2.65 bits per heavy atom. The van der Waals surface area contributed by atoms with E-state index in [1.54, 1.807) is 0 Å². The van der Waals surface area contributed by atoms with E-state index in [1.807, 2.05) is 12.1 Å². The maximum atomic E-state index is 12.4. The van der Waals surface area contributed by atoms with E-state index < -0.39 is 0 Å². The van der Waals surface area contributed by atoms with Crippen LogP contribution in [0.5, 0.6) is 0 Å². The smallest absolute Gasteiger partial charge is 0.223 e. The highest BCUT2D eigenvalue weighted by Crippen LogP contribution is 2.19. The minimum Gasteiger partial charge on any atom is -0.356 e. The largest absolute Gasteiger partial charge is 0.356 e. The van der Waals surface area contributed by atoms with Gasteiger partial charge in [-0.25, -0.2) is 0 Å². The Hall–Kier alpha value is -1.64. The summed E-state index contributed by atoms with van der Waals surface area (Å²) in [6, 6.07) is 7.97. The molecule has 0 unspecified atom stereocenters. The van der Waals surface area contributed by atoms with Crippen molar-refractivity contribution in [1.82, 2.24) is 5.32 Å². The molecule has 0 bridgehead atoms. The summed E-state index contributed by atoms with van der Waals surface area (Å²) < 4.78 is 0. The number of nitrogens with one attached hydrogen (secondary N) is 1. The molecule has 0 spiro atoms. The first-order valence-electron chi connectivity index (χ1n) is 9.10. The Kier molecular flexibility index (Phi) is 7.31. The van der Waals surface area contributed by atoms with Crippen LogP contribution in [0.25, 0.3) is 0 Å². The predicted octanol–water partition coefficient (Wildman–Crippen LogP) is 4.30. The van der Waals surface area contributed by atoms with Crippen LogP contribution in [0.1, 0.15) is 74.2 Å². The van der Waals surface area contributed by atoms with Crippen LogP contribution in [-0.2, 0) is 11.2 Å². The number of hydrogen-bond donors (Lipinski definition) is 1. The molecule has 3 heteroatoms. The van der Waals surface area contributed by atoms with Crippen LogP contribution in [0.4, 0.5) is 0 Å². The second-order valence-electron chi connectivity index (χ2n) is 6.62. The molecule has 1 amide bonds. The summed E-state index contributed by atoms with van der Waals surface area (Å²) in [6.45, 7) is 2.96. The fourth-order valence-corrected chi connectivity index (χ4v) is 3.15. The maximum absolute atomic E-state index is 12.4. The van der Waals surface area contributed by atoms with Crippen LogP contribution in [0.3, 0.4) is 0 Å². The van der Waals surface area contributed by atoms with Crippen molar-refractivity contribution in [3.63, 3.8) is 0 Å². The summed E-state index contributed by atoms with van der Waals surface area (Å²) in [5, 5.41) is 2.90. The number of Topliss-reactive ketones (excluding diaryl/α,β-unsaturated/α-hetero) is 1. The van der Waals surface area contributed by atoms with Gasteiger partial charge >= 0.3 is 0 Å². The number of amides is 1. The molecule has 1 atom stereocenters. The topological polar surface area (TPSA) is 46.2 Å². The molecule has 1 aromatic carbocycles. The highest BCUT2D eigenvalue weighted by Gasteiger charge is 2.23. The van der Waals surface area contributed by atoms with Crippen molar-refractivity contribution < 1.29 is 9.59 Å². The highest BCUT2D eigenvalue weighted by molar-refractivity contribution is 5.98. The second kappa shape index (κ2) is 9.49. The molecule has 1 N–H and O–H groups in total. The lowest BCUT2D eigenvalue weighted by molar-refractivity contribution is -0.124. The van der Waals surface area contributed by atoms with Gasteiger partial charge in [-0.2, -0.15) is 0 Å². The number of aryl methyl sites for hydroxylation is 1. The zero-order valence-corrected chi connectivity index (χ0v) is 14.3. The minimum absolute atomic E-state index is 0.0448. The number of ketones is 1. The molecule has 0 radical (unpaired) electrons. The zero-order valence-electron chi connectivity index (χ0n) is 14.3. The standard InChI is InChI=1S/C20H29NO2/c1-2-3-4-5-8-16-10-12-17(13-11-16)19(22)15-18-9-6-7-14-21-20(18)23/h10-13,18H,2-9,14-15H2,1H3,(H,21,23)/t18-/m1/s1. The summed E-state index contributed by atoms with van der Waals surface area (Å²) in [5.74, 6) is -0.0216. The fourth-order valence-electron chi connectivity index (χ4n) is 3.15. The van der Waals surface area contributed by atoms with E-state index >= 15 is 0 Å². The van der Waals surface area contributed by atoms with E-state index in [0.717, 1.165) is 37.8 Å². The van der Waals surface area contributed by atoms with Crippen LogP contribution < -0.4 is 5.32 Å². The van der Waals surface area contributed by atoms with Crippen LogP contribution in [-0.4, -0.2) is 18.2 Å². The zero-order chi connectivity index (χ0) is 16.5. The number of carbonyl (C=O) groups is 2. The first-order chi connectivity index (χ1) is 11.2.